The quantitative estimate of drug-likeness (QED) is 0.155. The molecular formula is C66H43NS2. The third kappa shape index (κ3) is 5.66. The molecule has 0 unspecified atom stereocenters. The molecular weight excluding hydrogens is 871 g/mol. The van der Waals surface area contributed by atoms with Gasteiger partial charge in [-0.3, -0.25) is 0 Å². The van der Waals surface area contributed by atoms with E-state index in [4.69, 9.17) is 0 Å². The fourth-order valence-corrected chi connectivity index (χ4v) is 15.7. The van der Waals surface area contributed by atoms with Crippen molar-refractivity contribution in [2.45, 2.75) is 9.79 Å². The molecule has 0 fully saturated rings. The van der Waals surface area contributed by atoms with E-state index < -0.39 is 10.0 Å². The van der Waals surface area contributed by atoms with Crippen molar-refractivity contribution in [1.29, 1.82) is 0 Å². The summed E-state index contributed by atoms with van der Waals surface area (Å²) in [6, 6.07) is 84.8. The molecule has 15 rings (SSSR count). The van der Waals surface area contributed by atoms with Crippen LogP contribution in [0.5, 0.6) is 0 Å². The van der Waals surface area contributed by atoms with E-state index in [9.17, 15) is 0 Å². The van der Waals surface area contributed by atoms with Crippen LogP contribution in [-0.2, 0) is 0 Å². The van der Waals surface area contributed by atoms with Gasteiger partial charge in [0.2, 0.25) is 0 Å². The van der Waals surface area contributed by atoms with Crippen molar-refractivity contribution in [1.82, 2.24) is 4.57 Å². The number of nitrogens with zero attached hydrogens (tertiary/aromatic N) is 1. The third-order valence-electron chi connectivity index (χ3n) is 15.2. The van der Waals surface area contributed by atoms with Gasteiger partial charge in [0.15, 0.2) is 0 Å². The molecule has 0 bridgehead atoms. The van der Waals surface area contributed by atoms with Crippen LogP contribution in [0.2, 0.25) is 0 Å². The summed E-state index contributed by atoms with van der Waals surface area (Å²) in [5.41, 5.74) is 13.9. The van der Waals surface area contributed by atoms with Gasteiger partial charge < -0.3 is 4.57 Å². The minimum Gasteiger partial charge on any atom is -0.309 e. The molecule has 1 aliphatic heterocycles. The average molecular weight is 914 g/mol. The lowest BCUT2D eigenvalue weighted by molar-refractivity contribution is 1.16. The largest absolute Gasteiger partial charge is 0.309 e. The number of benzene rings is 12. The summed E-state index contributed by atoms with van der Waals surface area (Å²) in [6.45, 7) is 0. The van der Waals surface area contributed by atoms with Crippen LogP contribution < -0.4 is 0 Å². The lowest BCUT2D eigenvalue weighted by Gasteiger charge is -2.29. The summed E-state index contributed by atoms with van der Waals surface area (Å²) in [6.07, 6.45) is 4.99. The van der Waals surface area contributed by atoms with E-state index in [0.717, 1.165) is 0 Å². The Balaban J connectivity index is 0.929. The summed E-state index contributed by atoms with van der Waals surface area (Å²) in [4.78, 5) is 2.91. The predicted molar refractivity (Wildman–Crippen MR) is 301 cm³/mol. The fraction of sp³-hybridized carbons (Fsp3) is 0.0303. The van der Waals surface area contributed by atoms with Crippen molar-refractivity contribution >= 4 is 106 Å². The number of fused-ring (bicyclic) bond motifs is 15. The molecule has 14 aromatic rings. The van der Waals surface area contributed by atoms with E-state index in [1.54, 1.807) is 0 Å². The molecule has 0 N–H and O–H groups in total. The molecule has 12 aromatic carbocycles. The zero-order valence-corrected chi connectivity index (χ0v) is 39.8. The number of thiophene rings is 1. The average Bonchev–Trinajstić information content (AvgIpc) is 4.02. The van der Waals surface area contributed by atoms with Gasteiger partial charge >= 0.3 is 0 Å². The zero-order valence-electron chi connectivity index (χ0n) is 38.1. The monoisotopic (exact) mass is 913 g/mol. The maximum Gasteiger partial charge on any atom is 0.0541 e. The Bertz CT molecular complexity index is 4350. The molecule has 3 heterocycles. The van der Waals surface area contributed by atoms with Crippen LogP contribution in [0.1, 0.15) is 0 Å². The molecule has 324 valence electrons. The van der Waals surface area contributed by atoms with E-state index in [2.05, 4.69) is 242 Å². The first-order valence-corrected chi connectivity index (χ1v) is 27.1. The Hall–Kier alpha value is -7.95. The highest BCUT2D eigenvalue weighted by Crippen LogP contribution is 2.68. The van der Waals surface area contributed by atoms with Crippen molar-refractivity contribution in [2.75, 3.05) is 12.5 Å². The number of rotatable bonds is 4. The van der Waals surface area contributed by atoms with Gasteiger partial charge in [-0.15, -0.1) is 11.3 Å². The molecule has 1 nitrogen and oxygen atoms in total. The third-order valence-corrected chi connectivity index (χ3v) is 19.3. The Morgan fingerprint density at radius 2 is 0.797 bits per heavy atom. The summed E-state index contributed by atoms with van der Waals surface area (Å²) in [5, 5.41) is 15.4. The molecule has 0 radical (unpaired) electrons. The van der Waals surface area contributed by atoms with E-state index in [0.29, 0.717) is 0 Å². The van der Waals surface area contributed by atoms with Crippen molar-refractivity contribution in [3.8, 4) is 50.2 Å². The summed E-state index contributed by atoms with van der Waals surface area (Å²) in [7, 11) is -1.37. The Kier molecular flexibility index (Phi) is 8.23. The molecule has 2 aromatic heterocycles. The molecule has 0 atom stereocenters. The Morgan fingerprint density at radius 3 is 1.42 bits per heavy atom. The Labute approximate surface area is 405 Å². The van der Waals surface area contributed by atoms with Crippen LogP contribution in [0.4, 0.5) is 0 Å². The number of hydrogen-bond donors (Lipinski definition) is 0. The van der Waals surface area contributed by atoms with Gasteiger partial charge in [-0.05, 0) is 161 Å². The molecule has 0 saturated heterocycles. The van der Waals surface area contributed by atoms with Crippen LogP contribution in [-0.4, -0.2) is 17.1 Å². The van der Waals surface area contributed by atoms with Gasteiger partial charge in [0.25, 0.3) is 0 Å². The maximum atomic E-state index is 2.53. The normalized spacial score (nSPS) is 13.7. The van der Waals surface area contributed by atoms with Crippen LogP contribution >= 0.6 is 21.4 Å². The van der Waals surface area contributed by atoms with Gasteiger partial charge in [0.1, 0.15) is 0 Å². The van der Waals surface area contributed by atoms with E-state index in [1.165, 1.54) is 145 Å². The molecule has 0 aliphatic carbocycles. The van der Waals surface area contributed by atoms with Crippen molar-refractivity contribution in [3.05, 3.63) is 224 Å². The van der Waals surface area contributed by atoms with E-state index in [1.807, 2.05) is 11.3 Å². The lowest BCUT2D eigenvalue weighted by atomic mass is 9.92. The molecule has 0 spiro atoms. The lowest BCUT2D eigenvalue weighted by Crippen LogP contribution is -1.98. The van der Waals surface area contributed by atoms with Gasteiger partial charge in [0.05, 0.1) is 11.0 Å². The highest BCUT2D eigenvalue weighted by Gasteiger charge is 2.33. The SMILES string of the molecule is CS1(C)c2cc(-c3cccc4c3sc3ccccc34)ccc2-c2ccc(-n3c4ccc(-c5cc6ccccc6c6ccccc56)cc4c4cc(-c5cc6ccccc6c6ccccc56)ccc43)cc21. The van der Waals surface area contributed by atoms with Gasteiger partial charge in [-0.2, -0.15) is 10.0 Å². The predicted octanol–water partition coefficient (Wildman–Crippen LogP) is 19.2. The second-order valence-corrected chi connectivity index (χ2v) is 23.8. The highest BCUT2D eigenvalue weighted by atomic mass is 32.3. The summed E-state index contributed by atoms with van der Waals surface area (Å²) >= 11 is 1.91. The highest BCUT2D eigenvalue weighted by molar-refractivity contribution is 8.33. The fourth-order valence-electron chi connectivity index (χ4n) is 11.9. The number of aromatic nitrogens is 1. The van der Waals surface area contributed by atoms with E-state index >= 15 is 0 Å². The molecule has 1 aliphatic rings. The minimum absolute atomic E-state index is 1.20. The first kappa shape index (κ1) is 39.1. The minimum atomic E-state index is -1.37. The standard InChI is InChI=1S/C66H43NS2/c1-69(2)64-38-44(48-23-13-24-56-53-22-11-12-25-63(53)68-66(48)56)26-30-54(64)55-31-29-45(39-65(55)69)67-61-32-27-42(57-34-40-14-3-5-16-46(40)49-18-7-9-20-51(49)57)36-59(61)60-37-43(28-33-62(60)67)58-35-41-15-4-6-17-47(41)50-19-8-10-21-52(50)58/h3-39H,1-2H3. The molecule has 0 saturated carbocycles. The molecule has 0 amide bonds. The van der Waals surface area contributed by atoms with E-state index in [-0.39, 0.29) is 0 Å². The van der Waals surface area contributed by atoms with Crippen LogP contribution in [0, 0.1) is 0 Å². The van der Waals surface area contributed by atoms with Gasteiger partial charge in [0, 0.05) is 46.4 Å². The first-order chi connectivity index (χ1) is 34.0. The molecule has 3 heteroatoms. The zero-order chi connectivity index (χ0) is 45.5. The molecule has 69 heavy (non-hydrogen) atoms. The topological polar surface area (TPSA) is 4.93 Å². The second kappa shape index (κ2) is 14.5. The second-order valence-electron chi connectivity index (χ2n) is 19.2. The number of hydrogen-bond acceptors (Lipinski definition) is 1. The van der Waals surface area contributed by atoms with Crippen LogP contribution in [0.15, 0.2) is 234 Å². The van der Waals surface area contributed by atoms with Gasteiger partial charge in [-0.1, -0.05) is 164 Å². The Morgan fingerprint density at radius 1 is 0.319 bits per heavy atom. The van der Waals surface area contributed by atoms with Gasteiger partial charge in [-0.25, -0.2) is 0 Å². The first-order valence-electron chi connectivity index (χ1n) is 23.8. The van der Waals surface area contributed by atoms with Crippen LogP contribution in [0.3, 0.4) is 0 Å². The van der Waals surface area contributed by atoms with Crippen molar-refractivity contribution < 1.29 is 0 Å². The smallest absolute Gasteiger partial charge is 0.0541 e. The maximum absolute atomic E-state index is 2.53. The van der Waals surface area contributed by atoms with Crippen molar-refractivity contribution in [3.63, 3.8) is 0 Å². The summed E-state index contributed by atoms with van der Waals surface area (Å²) < 4.78 is 5.24. The van der Waals surface area contributed by atoms with Crippen molar-refractivity contribution in [2.24, 2.45) is 0 Å². The van der Waals surface area contributed by atoms with Crippen LogP contribution in [0.25, 0.3) is 135 Å². The summed E-state index contributed by atoms with van der Waals surface area (Å²) in [5.74, 6) is 0.